The lowest BCUT2D eigenvalue weighted by molar-refractivity contribution is 0.240. The fourth-order valence-corrected chi connectivity index (χ4v) is 2.95. The molecule has 0 radical (unpaired) electrons. The molecule has 1 aromatic carbocycles. The van der Waals surface area contributed by atoms with Gasteiger partial charge in [-0.1, -0.05) is 6.07 Å². The van der Waals surface area contributed by atoms with Crippen molar-refractivity contribution < 1.29 is 9.13 Å². The molecule has 1 fully saturated rings. The van der Waals surface area contributed by atoms with Crippen LogP contribution >= 0.6 is 0 Å². The largest absolute Gasteiger partial charge is 0.496 e. The van der Waals surface area contributed by atoms with E-state index < -0.39 is 0 Å². The predicted octanol–water partition coefficient (Wildman–Crippen LogP) is 2.44. The molecule has 106 valence electrons. The second-order valence-electron chi connectivity index (χ2n) is 5.24. The van der Waals surface area contributed by atoms with Crippen LogP contribution in [0.3, 0.4) is 0 Å². The normalized spacial score (nSPS) is 21.6. The van der Waals surface area contributed by atoms with E-state index >= 15 is 0 Å². The summed E-state index contributed by atoms with van der Waals surface area (Å²) in [6.45, 7) is 5.12. The first-order valence-corrected chi connectivity index (χ1v) is 6.88. The van der Waals surface area contributed by atoms with Crippen LogP contribution in [-0.2, 0) is 0 Å². The van der Waals surface area contributed by atoms with E-state index in [1.165, 1.54) is 12.5 Å². The van der Waals surface area contributed by atoms with E-state index in [2.05, 4.69) is 17.1 Å². The molecule has 2 rings (SSSR count). The summed E-state index contributed by atoms with van der Waals surface area (Å²) in [5, 5.41) is 3.22. The summed E-state index contributed by atoms with van der Waals surface area (Å²) in [6, 6.07) is 5.09. The van der Waals surface area contributed by atoms with Crippen LogP contribution in [0, 0.1) is 11.7 Å². The minimum atomic E-state index is -0.177. The highest BCUT2D eigenvalue weighted by Crippen LogP contribution is 2.34. The van der Waals surface area contributed by atoms with Crippen LogP contribution in [-0.4, -0.2) is 38.7 Å². The van der Waals surface area contributed by atoms with Gasteiger partial charge >= 0.3 is 0 Å². The molecule has 1 aliphatic rings. The Balaban J connectivity index is 2.14. The van der Waals surface area contributed by atoms with Gasteiger partial charge in [0.2, 0.25) is 0 Å². The third-order valence-electron chi connectivity index (χ3n) is 4.01. The van der Waals surface area contributed by atoms with E-state index in [1.54, 1.807) is 13.2 Å². The van der Waals surface area contributed by atoms with Gasteiger partial charge in [-0.05, 0) is 51.5 Å². The second kappa shape index (κ2) is 6.35. The monoisotopic (exact) mass is 266 g/mol. The van der Waals surface area contributed by atoms with E-state index in [9.17, 15) is 4.39 Å². The lowest BCUT2D eigenvalue weighted by Crippen LogP contribution is -2.27. The number of likely N-dealkylation sites (tertiary alicyclic amines) is 1. The Labute approximate surface area is 114 Å². The number of halogens is 1. The van der Waals surface area contributed by atoms with Gasteiger partial charge in [-0.25, -0.2) is 4.39 Å². The van der Waals surface area contributed by atoms with Crippen molar-refractivity contribution in [3.63, 3.8) is 0 Å². The number of rotatable bonds is 5. The first-order chi connectivity index (χ1) is 9.17. The molecule has 1 aliphatic heterocycles. The highest BCUT2D eigenvalue weighted by atomic mass is 19.1. The Bertz CT molecular complexity index is 425. The summed E-state index contributed by atoms with van der Waals surface area (Å²) in [4.78, 5) is 2.34. The number of ether oxygens (including phenoxy) is 1. The van der Waals surface area contributed by atoms with E-state index in [-0.39, 0.29) is 11.9 Å². The molecule has 0 aliphatic carbocycles. The Kier molecular flexibility index (Phi) is 4.77. The molecule has 4 heteroatoms. The Morgan fingerprint density at radius 2 is 2.32 bits per heavy atom. The van der Waals surface area contributed by atoms with E-state index in [0.29, 0.717) is 17.2 Å². The SMILES string of the molecule is CNCC1CCN(C(C)c2c(F)cccc2OC)C1. The zero-order valence-electron chi connectivity index (χ0n) is 11.9. The summed E-state index contributed by atoms with van der Waals surface area (Å²) < 4.78 is 19.4. The van der Waals surface area contributed by atoms with Gasteiger partial charge in [0, 0.05) is 18.2 Å². The van der Waals surface area contributed by atoms with Crippen molar-refractivity contribution >= 4 is 0 Å². The zero-order valence-corrected chi connectivity index (χ0v) is 11.9. The summed E-state index contributed by atoms with van der Waals surface area (Å²) in [7, 11) is 3.57. The number of benzene rings is 1. The van der Waals surface area contributed by atoms with Crippen molar-refractivity contribution in [2.45, 2.75) is 19.4 Å². The smallest absolute Gasteiger partial charge is 0.131 e. The number of hydrogen-bond donors (Lipinski definition) is 1. The van der Waals surface area contributed by atoms with Gasteiger partial charge in [0.05, 0.1) is 7.11 Å². The average Bonchev–Trinajstić information content (AvgIpc) is 2.86. The summed E-state index contributed by atoms with van der Waals surface area (Å²) in [5.74, 6) is 1.12. The highest BCUT2D eigenvalue weighted by Gasteiger charge is 2.29. The van der Waals surface area contributed by atoms with Gasteiger partial charge in [-0.15, -0.1) is 0 Å². The third kappa shape index (κ3) is 3.07. The molecule has 1 saturated heterocycles. The van der Waals surface area contributed by atoms with Crippen molar-refractivity contribution in [2.75, 3.05) is 33.8 Å². The predicted molar refractivity (Wildman–Crippen MR) is 75.0 cm³/mol. The Hall–Kier alpha value is -1.13. The van der Waals surface area contributed by atoms with Crippen LogP contribution in [0.5, 0.6) is 5.75 Å². The number of methoxy groups -OCH3 is 1. The molecule has 19 heavy (non-hydrogen) atoms. The zero-order chi connectivity index (χ0) is 13.8. The van der Waals surface area contributed by atoms with Gasteiger partial charge in [-0.3, -0.25) is 4.90 Å². The van der Waals surface area contributed by atoms with E-state index in [1.807, 2.05) is 13.1 Å². The number of hydrogen-bond acceptors (Lipinski definition) is 3. The van der Waals surface area contributed by atoms with E-state index in [0.717, 1.165) is 19.6 Å². The quantitative estimate of drug-likeness (QED) is 0.886. The maximum Gasteiger partial charge on any atom is 0.131 e. The lowest BCUT2D eigenvalue weighted by atomic mass is 10.0. The van der Waals surface area contributed by atoms with E-state index in [4.69, 9.17) is 4.74 Å². The molecule has 2 unspecified atom stereocenters. The van der Waals surface area contributed by atoms with Gasteiger partial charge < -0.3 is 10.1 Å². The highest BCUT2D eigenvalue weighted by molar-refractivity contribution is 5.37. The van der Waals surface area contributed by atoms with Crippen molar-refractivity contribution in [3.05, 3.63) is 29.6 Å². The molecule has 2 atom stereocenters. The summed E-state index contributed by atoms with van der Waals surface area (Å²) in [6.07, 6.45) is 1.17. The van der Waals surface area contributed by atoms with Crippen LogP contribution in [0.4, 0.5) is 4.39 Å². The summed E-state index contributed by atoms with van der Waals surface area (Å²) >= 11 is 0. The standard InChI is InChI=1S/C15H23FN2O/c1-11(18-8-7-12(10-18)9-17-2)15-13(16)5-4-6-14(15)19-3/h4-6,11-12,17H,7-10H2,1-3H3. The molecule has 0 spiro atoms. The summed E-state index contributed by atoms with van der Waals surface area (Å²) in [5.41, 5.74) is 0.676. The fourth-order valence-electron chi connectivity index (χ4n) is 2.95. The number of nitrogens with zero attached hydrogens (tertiary/aromatic N) is 1. The van der Waals surface area contributed by atoms with Crippen LogP contribution < -0.4 is 10.1 Å². The molecule has 3 nitrogen and oxygen atoms in total. The maximum atomic E-state index is 14.1. The van der Waals surface area contributed by atoms with Gasteiger partial charge in [-0.2, -0.15) is 0 Å². The van der Waals surface area contributed by atoms with Crippen LogP contribution in [0.1, 0.15) is 24.9 Å². The van der Waals surface area contributed by atoms with Crippen LogP contribution in [0.15, 0.2) is 18.2 Å². The molecular weight excluding hydrogens is 243 g/mol. The Morgan fingerprint density at radius 1 is 1.53 bits per heavy atom. The average molecular weight is 266 g/mol. The lowest BCUT2D eigenvalue weighted by Gasteiger charge is -2.26. The van der Waals surface area contributed by atoms with Crippen molar-refractivity contribution in [3.8, 4) is 5.75 Å². The molecule has 1 aromatic rings. The first-order valence-electron chi connectivity index (χ1n) is 6.88. The van der Waals surface area contributed by atoms with Crippen molar-refractivity contribution in [2.24, 2.45) is 5.92 Å². The second-order valence-corrected chi connectivity index (χ2v) is 5.24. The number of nitrogens with one attached hydrogen (secondary N) is 1. The molecule has 0 saturated carbocycles. The Morgan fingerprint density at radius 3 is 3.00 bits per heavy atom. The van der Waals surface area contributed by atoms with Crippen molar-refractivity contribution in [1.29, 1.82) is 0 Å². The first kappa shape index (κ1) is 14.3. The molecule has 0 amide bonds. The van der Waals surface area contributed by atoms with Gasteiger partial charge in [0.25, 0.3) is 0 Å². The van der Waals surface area contributed by atoms with Gasteiger partial charge in [0.1, 0.15) is 11.6 Å². The fraction of sp³-hybridized carbons (Fsp3) is 0.600. The molecule has 1 heterocycles. The maximum absolute atomic E-state index is 14.1. The minimum Gasteiger partial charge on any atom is -0.496 e. The van der Waals surface area contributed by atoms with Crippen LogP contribution in [0.25, 0.3) is 0 Å². The van der Waals surface area contributed by atoms with Gasteiger partial charge in [0.15, 0.2) is 0 Å². The minimum absolute atomic E-state index is 0.0537. The van der Waals surface area contributed by atoms with Crippen molar-refractivity contribution in [1.82, 2.24) is 10.2 Å². The molecule has 0 bridgehead atoms. The topological polar surface area (TPSA) is 24.5 Å². The molecule has 0 aromatic heterocycles. The van der Waals surface area contributed by atoms with Crippen LogP contribution in [0.2, 0.25) is 0 Å². The molecular formula is C15H23FN2O. The third-order valence-corrected chi connectivity index (χ3v) is 4.01. The molecule has 1 N–H and O–H groups in total.